The molecule has 0 atom stereocenters. The van der Waals surface area contributed by atoms with Gasteiger partial charge in [0.1, 0.15) is 11.2 Å². The van der Waals surface area contributed by atoms with E-state index in [1.165, 1.54) is 32.3 Å². The van der Waals surface area contributed by atoms with E-state index < -0.39 is 0 Å². The number of furan rings is 1. The normalized spacial score (nSPS) is 11.7. The molecule has 0 fully saturated rings. The zero-order valence-electron chi connectivity index (χ0n) is 26.3. The van der Waals surface area contributed by atoms with Gasteiger partial charge in [-0.1, -0.05) is 140 Å². The molecule has 0 saturated carbocycles. The molecule has 0 radical (unpaired) electrons. The quantitative estimate of drug-likeness (QED) is 0.183. The number of fused-ring (bicyclic) bond motifs is 9. The summed E-state index contributed by atoms with van der Waals surface area (Å²) in [6.07, 6.45) is 0. The number of hydrogen-bond donors (Lipinski definition) is 0. The Balaban J connectivity index is 1.24. The van der Waals surface area contributed by atoms with Crippen LogP contribution in [0.25, 0.3) is 99.5 Å². The van der Waals surface area contributed by atoms with Crippen LogP contribution >= 0.6 is 0 Å². The smallest absolute Gasteiger partial charge is 0.164 e. The molecule has 4 heteroatoms. The van der Waals surface area contributed by atoms with Crippen molar-refractivity contribution in [2.75, 3.05) is 0 Å². The maximum absolute atomic E-state index is 6.46. The largest absolute Gasteiger partial charge is 0.456 e. The molecule has 0 aliphatic carbocycles. The summed E-state index contributed by atoms with van der Waals surface area (Å²) in [5.74, 6) is 1.83. The van der Waals surface area contributed by atoms with E-state index >= 15 is 0 Å². The van der Waals surface area contributed by atoms with Gasteiger partial charge in [-0.25, -0.2) is 15.0 Å². The van der Waals surface area contributed by atoms with Crippen LogP contribution in [0.2, 0.25) is 0 Å². The second kappa shape index (κ2) is 11.0. The van der Waals surface area contributed by atoms with Crippen molar-refractivity contribution >= 4 is 54.3 Å². The molecule has 2 heterocycles. The predicted molar refractivity (Wildman–Crippen MR) is 201 cm³/mol. The zero-order valence-corrected chi connectivity index (χ0v) is 26.3. The van der Waals surface area contributed by atoms with E-state index in [2.05, 4.69) is 115 Å². The number of aromatic nitrogens is 3. The van der Waals surface area contributed by atoms with Crippen LogP contribution in [0.3, 0.4) is 0 Å². The number of para-hydroxylation sites is 1. The fourth-order valence-electron chi connectivity index (χ4n) is 7.23. The Kier molecular flexibility index (Phi) is 6.15. The Bertz CT molecular complexity index is 2840. The highest BCUT2D eigenvalue weighted by Gasteiger charge is 2.19. The highest BCUT2D eigenvalue weighted by Crippen LogP contribution is 2.41. The molecular formula is C45H27N3O. The van der Waals surface area contributed by atoms with Gasteiger partial charge >= 0.3 is 0 Å². The molecule has 228 valence electrons. The third-order valence-corrected chi connectivity index (χ3v) is 9.49. The summed E-state index contributed by atoms with van der Waals surface area (Å²) in [5.41, 5.74) is 6.55. The SMILES string of the molecule is c1ccc(-c2nc(-c3cc(-c4ccccc4)c4c(c3)oc3ccccc34)nc(-c3ccc4c5ccccc5c5ccccc5c4c3)n2)cc1. The maximum Gasteiger partial charge on any atom is 0.164 e. The summed E-state index contributed by atoms with van der Waals surface area (Å²) >= 11 is 0. The van der Waals surface area contributed by atoms with E-state index in [9.17, 15) is 0 Å². The van der Waals surface area contributed by atoms with E-state index in [0.717, 1.165) is 49.8 Å². The molecule has 0 unspecified atom stereocenters. The van der Waals surface area contributed by atoms with Crippen LogP contribution < -0.4 is 0 Å². The molecule has 49 heavy (non-hydrogen) atoms. The highest BCUT2D eigenvalue weighted by molar-refractivity contribution is 6.25. The van der Waals surface area contributed by atoms with Gasteiger partial charge in [-0.05, 0) is 67.7 Å². The molecule has 8 aromatic carbocycles. The van der Waals surface area contributed by atoms with Gasteiger partial charge in [0.2, 0.25) is 0 Å². The van der Waals surface area contributed by atoms with Crippen molar-refractivity contribution in [2.45, 2.75) is 0 Å². The van der Waals surface area contributed by atoms with Crippen LogP contribution in [0.15, 0.2) is 168 Å². The molecule has 10 rings (SSSR count). The fourth-order valence-corrected chi connectivity index (χ4v) is 7.23. The molecule has 2 aromatic heterocycles. The van der Waals surface area contributed by atoms with Crippen molar-refractivity contribution in [1.82, 2.24) is 15.0 Å². The van der Waals surface area contributed by atoms with Gasteiger partial charge in [0.25, 0.3) is 0 Å². The number of hydrogen-bond acceptors (Lipinski definition) is 4. The minimum atomic E-state index is 0.590. The lowest BCUT2D eigenvalue weighted by molar-refractivity contribution is 0.669. The third-order valence-electron chi connectivity index (χ3n) is 9.49. The molecule has 0 saturated heterocycles. The summed E-state index contributed by atoms with van der Waals surface area (Å²) in [6, 6.07) is 56.8. The minimum absolute atomic E-state index is 0.590. The Hall–Kier alpha value is -6.65. The van der Waals surface area contributed by atoms with Gasteiger partial charge in [0, 0.05) is 27.5 Å². The zero-order chi connectivity index (χ0) is 32.3. The standard InChI is InChI=1S/C45H27N3O/c1-3-13-28(14-4-1)38-26-31(27-41-42(38)37-21-11-12-22-40(37)49-41)45-47-43(29-15-5-2-6-16-29)46-44(48-45)30-23-24-36-34-19-8-7-17-32(34)33-18-9-10-20-35(33)39(36)25-30/h1-27H. The fraction of sp³-hybridized carbons (Fsp3) is 0. The predicted octanol–water partition coefficient (Wildman–Crippen LogP) is 11.9. The molecule has 0 amide bonds. The first kappa shape index (κ1) is 27.5. The molecule has 10 aromatic rings. The van der Waals surface area contributed by atoms with Gasteiger partial charge in [-0.2, -0.15) is 0 Å². The van der Waals surface area contributed by atoms with Gasteiger partial charge in [-0.15, -0.1) is 0 Å². The Morgan fingerprint density at radius 2 is 0.796 bits per heavy atom. The van der Waals surface area contributed by atoms with E-state index in [-0.39, 0.29) is 0 Å². The van der Waals surface area contributed by atoms with Gasteiger partial charge in [-0.3, -0.25) is 0 Å². The second-order valence-corrected chi connectivity index (χ2v) is 12.4. The molecule has 0 N–H and O–H groups in total. The van der Waals surface area contributed by atoms with Crippen molar-refractivity contribution in [3.63, 3.8) is 0 Å². The van der Waals surface area contributed by atoms with E-state index in [0.29, 0.717) is 17.5 Å². The molecule has 0 aliphatic heterocycles. The molecular weight excluding hydrogens is 599 g/mol. The molecule has 0 bridgehead atoms. The van der Waals surface area contributed by atoms with E-state index in [1.54, 1.807) is 0 Å². The van der Waals surface area contributed by atoms with Gasteiger partial charge in [0.15, 0.2) is 17.5 Å². The van der Waals surface area contributed by atoms with Crippen LogP contribution in [0.1, 0.15) is 0 Å². The molecule has 0 spiro atoms. The van der Waals surface area contributed by atoms with E-state index in [1.807, 2.05) is 48.5 Å². The Morgan fingerprint density at radius 3 is 1.45 bits per heavy atom. The lowest BCUT2D eigenvalue weighted by Crippen LogP contribution is -2.00. The average Bonchev–Trinajstić information content (AvgIpc) is 3.57. The maximum atomic E-state index is 6.46. The summed E-state index contributed by atoms with van der Waals surface area (Å²) < 4.78 is 6.46. The molecule has 0 aliphatic rings. The third kappa shape index (κ3) is 4.49. The van der Waals surface area contributed by atoms with Crippen LogP contribution in [-0.2, 0) is 0 Å². The summed E-state index contributed by atoms with van der Waals surface area (Å²) in [4.78, 5) is 15.3. The van der Waals surface area contributed by atoms with Crippen molar-refractivity contribution in [1.29, 1.82) is 0 Å². The van der Waals surface area contributed by atoms with Gasteiger partial charge < -0.3 is 4.42 Å². The first-order valence-electron chi connectivity index (χ1n) is 16.4. The van der Waals surface area contributed by atoms with Crippen LogP contribution in [0.4, 0.5) is 0 Å². The first-order chi connectivity index (χ1) is 24.3. The summed E-state index contributed by atoms with van der Waals surface area (Å²) in [5, 5.41) is 9.47. The monoisotopic (exact) mass is 625 g/mol. The summed E-state index contributed by atoms with van der Waals surface area (Å²) in [6.45, 7) is 0. The minimum Gasteiger partial charge on any atom is -0.456 e. The Labute approximate surface area is 282 Å². The van der Waals surface area contributed by atoms with Crippen LogP contribution in [-0.4, -0.2) is 15.0 Å². The highest BCUT2D eigenvalue weighted by atomic mass is 16.3. The van der Waals surface area contributed by atoms with Crippen molar-refractivity contribution < 1.29 is 4.42 Å². The lowest BCUT2D eigenvalue weighted by Gasteiger charge is -2.13. The lowest BCUT2D eigenvalue weighted by atomic mass is 9.93. The number of rotatable bonds is 4. The van der Waals surface area contributed by atoms with E-state index in [4.69, 9.17) is 19.4 Å². The second-order valence-electron chi connectivity index (χ2n) is 12.4. The van der Waals surface area contributed by atoms with Gasteiger partial charge in [0.05, 0.1) is 0 Å². The van der Waals surface area contributed by atoms with Crippen molar-refractivity contribution in [2.24, 2.45) is 0 Å². The topological polar surface area (TPSA) is 51.8 Å². The van der Waals surface area contributed by atoms with Crippen molar-refractivity contribution in [3.05, 3.63) is 164 Å². The Morgan fingerprint density at radius 1 is 0.306 bits per heavy atom. The summed E-state index contributed by atoms with van der Waals surface area (Å²) in [7, 11) is 0. The van der Waals surface area contributed by atoms with Crippen molar-refractivity contribution in [3.8, 4) is 45.3 Å². The molecule has 4 nitrogen and oxygen atoms in total. The first-order valence-corrected chi connectivity index (χ1v) is 16.4. The number of nitrogens with zero attached hydrogens (tertiary/aromatic N) is 3. The van der Waals surface area contributed by atoms with Crippen LogP contribution in [0, 0.1) is 0 Å². The van der Waals surface area contributed by atoms with Crippen LogP contribution in [0.5, 0.6) is 0 Å². The average molecular weight is 626 g/mol. The number of benzene rings is 8.